The van der Waals surface area contributed by atoms with Gasteiger partial charge in [-0.1, -0.05) is 24.3 Å². The molecule has 0 amide bonds. The van der Waals surface area contributed by atoms with Crippen molar-refractivity contribution in [3.05, 3.63) is 59.2 Å². The van der Waals surface area contributed by atoms with E-state index in [1.807, 2.05) is 12.1 Å². The molecule has 0 spiro atoms. The van der Waals surface area contributed by atoms with Gasteiger partial charge in [-0.05, 0) is 54.7 Å². The number of anilines is 1. The highest BCUT2D eigenvalue weighted by Crippen LogP contribution is 2.33. The number of hydrogen-bond acceptors (Lipinski definition) is 3. The lowest BCUT2D eigenvalue weighted by Gasteiger charge is -2.28. The van der Waals surface area contributed by atoms with Crippen LogP contribution in [0.1, 0.15) is 29.2 Å². The lowest BCUT2D eigenvalue weighted by molar-refractivity contribution is 0.597. The zero-order chi connectivity index (χ0) is 15.0. The zero-order valence-electron chi connectivity index (χ0n) is 11.8. The maximum absolute atomic E-state index is 11.3. The number of nitrogens with one attached hydrogen (secondary N) is 1. The van der Waals surface area contributed by atoms with Gasteiger partial charge in [-0.25, -0.2) is 13.6 Å². The van der Waals surface area contributed by atoms with Crippen molar-refractivity contribution in [1.29, 1.82) is 0 Å². The van der Waals surface area contributed by atoms with Crippen LogP contribution in [0.4, 0.5) is 5.69 Å². The van der Waals surface area contributed by atoms with Gasteiger partial charge >= 0.3 is 0 Å². The van der Waals surface area contributed by atoms with E-state index in [0.717, 1.165) is 18.4 Å². The van der Waals surface area contributed by atoms with Crippen molar-refractivity contribution in [2.45, 2.75) is 30.7 Å². The minimum Gasteiger partial charge on any atom is -0.378 e. The molecule has 4 nitrogen and oxygen atoms in total. The van der Waals surface area contributed by atoms with Crippen molar-refractivity contribution in [2.24, 2.45) is 5.14 Å². The summed E-state index contributed by atoms with van der Waals surface area (Å²) < 4.78 is 22.6. The first-order chi connectivity index (χ1) is 9.93. The molecule has 0 radical (unpaired) electrons. The number of benzene rings is 2. The Morgan fingerprint density at radius 1 is 1.14 bits per heavy atom. The Labute approximate surface area is 125 Å². The maximum Gasteiger partial charge on any atom is 0.238 e. The van der Waals surface area contributed by atoms with Crippen LogP contribution in [0.25, 0.3) is 0 Å². The summed E-state index contributed by atoms with van der Waals surface area (Å²) in [7, 11) is -3.62. The zero-order valence-corrected chi connectivity index (χ0v) is 12.7. The Kier molecular flexibility index (Phi) is 3.47. The molecular weight excluding hydrogens is 284 g/mol. The van der Waals surface area contributed by atoms with Crippen molar-refractivity contribution in [3.8, 4) is 0 Å². The number of sulfonamides is 1. The number of aryl methyl sites for hydroxylation is 2. The first-order valence-electron chi connectivity index (χ1n) is 6.92. The van der Waals surface area contributed by atoms with Gasteiger partial charge in [0.15, 0.2) is 0 Å². The van der Waals surface area contributed by atoms with Gasteiger partial charge in [-0.15, -0.1) is 0 Å². The molecule has 0 fully saturated rings. The Morgan fingerprint density at radius 2 is 1.86 bits per heavy atom. The Hall–Kier alpha value is -1.85. The van der Waals surface area contributed by atoms with Gasteiger partial charge in [0.2, 0.25) is 10.0 Å². The molecule has 2 aromatic carbocycles. The molecule has 3 N–H and O–H groups in total. The molecule has 1 unspecified atom stereocenters. The molecule has 3 rings (SSSR count). The summed E-state index contributed by atoms with van der Waals surface area (Å²) >= 11 is 0. The van der Waals surface area contributed by atoms with Gasteiger partial charge in [0, 0.05) is 5.69 Å². The molecule has 1 atom stereocenters. The number of primary sulfonamides is 1. The minimum absolute atomic E-state index is 0.151. The van der Waals surface area contributed by atoms with E-state index in [9.17, 15) is 8.42 Å². The SMILES string of the molecule is Cc1ccc2c(c1)NC(c1ccc(S(N)(=O)=O)cc1)CC2. The van der Waals surface area contributed by atoms with Crippen LogP contribution in [0, 0.1) is 6.92 Å². The number of hydrogen-bond donors (Lipinski definition) is 2. The van der Waals surface area contributed by atoms with Gasteiger partial charge in [0.25, 0.3) is 0 Å². The monoisotopic (exact) mass is 302 g/mol. The molecule has 1 aliphatic heterocycles. The Balaban J connectivity index is 1.86. The highest BCUT2D eigenvalue weighted by Gasteiger charge is 2.19. The number of rotatable bonds is 2. The van der Waals surface area contributed by atoms with Gasteiger partial charge in [-0.3, -0.25) is 0 Å². The van der Waals surface area contributed by atoms with E-state index in [0.29, 0.717) is 0 Å². The molecule has 21 heavy (non-hydrogen) atoms. The molecule has 0 bridgehead atoms. The van der Waals surface area contributed by atoms with Crippen LogP contribution in [0.3, 0.4) is 0 Å². The van der Waals surface area contributed by atoms with Gasteiger partial charge in [-0.2, -0.15) is 0 Å². The fourth-order valence-corrected chi connectivity index (χ4v) is 3.26. The molecule has 1 aliphatic rings. The van der Waals surface area contributed by atoms with E-state index in [-0.39, 0.29) is 10.9 Å². The second-order valence-electron chi connectivity index (χ2n) is 5.51. The van der Waals surface area contributed by atoms with Crippen molar-refractivity contribution in [1.82, 2.24) is 0 Å². The molecule has 0 saturated carbocycles. The summed E-state index contributed by atoms with van der Waals surface area (Å²) in [5.74, 6) is 0. The predicted molar refractivity (Wildman–Crippen MR) is 83.7 cm³/mol. The van der Waals surface area contributed by atoms with Crippen LogP contribution in [0.15, 0.2) is 47.4 Å². The van der Waals surface area contributed by atoms with Crippen LogP contribution in [-0.4, -0.2) is 8.42 Å². The van der Waals surface area contributed by atoms with Gasteiger partial charge in [0.1, 0.15) is 0 Å². The van der Waals surface area contributed by atoms with Crippen molar-refractivity contribution in [2.75, 3.05) is 5.32 Å². The maximum atomic E-state index is 11.3. The van der Waals surface area contributed by atoms with Crippen molar-refractivity contribution >= 4 is 15.7 Å². The summed E-state index contributed by atoms with van der Waals surface area (Å²) in [5, 5.41) is 8.65. The molecule has 0 aliphatic carbocycles. The lowest BCUT2D eigenvalue weighted by Crippen LogP contribution is -2.18. The number of nitrogens with two attached hydrogens (primary N) is 1. The van der Waals surface area contributed by atoms with Crippen LogP contribution >= 0.6 is 0 Å². The first kappa shape index (κ1) is 14.1. The van der Waals surface area contributed by atoms with Crippen LogP contribution in [-0.2, 0) is 16.4 Å². The van der Waals surface area contributed by atoms with E-state index < -0.39 is 10.0 Å². The smallest absolute Gasteiger partial charge is 0.238 e. The summed E-state index contributed by atoms with van der Waals surface area (Å²) in [6, 6.07) is 13.4. The summed E-state index contributed by atoms with van der Waals surface area (Å²) in [6.45, 7) is 2.08. The average Bonchev–Trinajstić information content (AvgIpc) is 2.45. The van der Waals surface area contributed by atoms with Crippen molar-refractivity contribution < 1.29 is 8.42 Å². The fraction of sp³-hybridized carbons (Fsp3) is 0.250. The standard InChI is InChI=1S/C16H18N2O2S/c1-11-2-3-13-6-9-15(18-16(13)10-11)12-4-7-14(8-5-12)21(17,19)20/h2-5,7-8,10,15,18H,6,9H2,1H3,(H2,17,19,20). The third-order valence-corrected chi connectivity index (χ3v) is 4.84. The van der Waals surface area contributed by atoms with E-state index in [1.165, 1.54) is 16.8 Å². The lowest BCUT2D eigenvalue weighted by atomic mass is 9.93. The second-order valence-corrected chi connectivity index (χ2v) is 7.07. The topological polar surface area (TPSA) is 72.2 Å². The Morgan fingerprint density at radius 3 is 2.52 bits per heavy atom. The van der Waals surface area contributed by atoms with Gasteiger partial charge < -0.3 is 5.32 Å². The van der Waals surface area contributed by atoms with Crippen LogP contribution < -0.4 is 10.5 Å². The predicted octanol–water partition coefficient (Wildman–Crippen LogP) is 2.74. The highest BCUT2D eigenvalue weighted by atomic mass is 32.2. The largest absolute Gasteiger partial charge is 0.378 e. The molecule has 110 valence electrons. The molecule has 0 saturated heterocycles. The third kappa shape index (κ3) is 2.94. The molecule has 0 aromatic heterocycles. The van der Waals surface area contributed by atoms with Crippen LogP contribution in [0.5, 0.6) is 0 Å². The normalized spacial score (nSPS) is 17.9. The Bertz CT molecular complexity index is 767. The van der Waals surface area contributed by atoms with Crippen LogP contribution in [0.2, 0.25) is 0 Å². The minimum atomic E-state index is -3.62. The van der Waals surface area contributed by atoms with E-state index in [1.54, 1.807) is 12.1 Å². The van der Waals surface area contributed by atoms with E-state index >= 15 is 0 Å². The molecule has 2 aromatic rings. The second kappa shape index (κ2) is 5.16. The van der Waals surface area contributed by atoms with Gasteiger partial charge in [0.05, 0.1) is 10.9 Å². The number of fused-ring (bicyclic) bond motifs is 1. The van der Waals surface area contributed by atoms with E-state index in [2.05, 4.69) is 30.4 Å². The van der Waals surface area contributed by atoms with Crippen molar-refractivity contribution in [3.63, 3.8) is 0 Å². The summed E-state index contributed by atoms with van der Waals surface area (Å²) in [4.78, 5) is 0.151. The first-order valence-corrected chi connectivity index (χ1v) is 8.47. The third-order valence-electron chi connectivity index (χ3n) is 3.91. The highest BCUT2D eigenvalue weighted by molar-refractivity contribution is 7.89. The average molecular weight is 302 g/mol. The summed E-state index contributed by atoms with van der Waals surface area (Å²) in [5.41, 5.74) is 4.81. The van der Waals surface area contributed by atoms with E-state index in [4.69, 9.17) is 5.14 Å². The molecule has 5 heteroatoms. The molecule has 1 heterocycles. The molecular formula is C16H18N2O2S. The summed E-state index contributed by atoms with van der Waals surface area (Å²) in [6.07, 6.45) is 2.01. The fourth-order valence-electron chi connectivity index (χ4n) is 2.74. The quantitative estimate of drug-likeness (QED) is 0.896.